The van der Waals surface area contributed by atoms with Gasteiger partial charge in [0.05, 0.1) is 23.9 Å². The zero-order valence-corrected chi connectivity index (χ0v) is 22.1. The van der Waals surface area contributed by atoms with Gasteiger partial charge in [0.1, 0.15) is 17.7 Å². The van der Waals surface area contributed by atoms with Crippen molar-refractivity contribution in [1.29, 1.82) is 0 Å². The van der Waals surface area contributed by atoms with Gasteiger partial charge in [0.2, 0.25) is 5.91 Å². The summed E-state index contributed by atoms with van der Waals surface area (Å²) in [6.07, 6.45) is 2.37. The Kier molecular flexibility index (Phi) is 7.73. The molecule has 2 atom stereocenters. The van der Waals surface area contributed by atoms with Crippen molar-refractivity contribution < 1.29 is 19.1 Å². The van der Waals surface area contributed by atoms with E-state index in [1.54, 1.807) is 4.90 Å². The Hall–Kier alpha value is -2.49. The second-order valence-electron chi connectivity index (χ2n) is 10.9. The molecule has 0 bridgehead atoms. The number of nitrogens with one attached hydrogen (secondary N) is 1. The Morgan fingerprint density at radius 3 is 2.69 bits per heavy atom. The minimum absolute atomic E-state index is 0.105. The molecule has 2 N–H and O–H groups in total. The second-order valence-corrected chi connectivity index (χ2v) is 11.3. The van der Waals surface area contributed by atoms with E-state index >= 15 is 0 Å². The molecule has 36 heavy (non-hydrogen) atoms. The van der Waals surface area contributed by atoms with Gasteiger partial charge < -0.3 is 24.8 Å². The van der Waals surface area contributed by atoms with Gasteiger partial charge in [-0.2, -0.15) is 0 Å². The molecule has 0 unspecified atom stereocenters. The lowest BCUT2D eigenvalue weighted by Crippen LogP contribution is -2.56. The van der Waals surface area contributed by atoms with Crippen LogP contribution in [0.3, 0.4) is 0 Å². The second kappa shape index (κ2) is 10.5. The molecule has 2 aromatic rings. The van der Waals surface area contributed by atoms with E-state index in [0.717, 1.165) is 25.8 Å². The number of imidazole rings is 1. The number of hydrogen-bond acceptors (Lipinski definition) is 5. The van der Waals surface area contributed by atoms with Crippen LogP contribution in [0.25, 0.3) is 11.4 Å². The fourth-order valence-electron chi connectivity index (χ4n) is 5.11. The van der Waals surface area contributed by atoms with Crippen molar-refractivity contribution in [2.24, 2.45) is 5.41 Å². The Balaban J connectivity index is 1.73. The number of aliphatic hydroxyl groups excluding tert-OH is 1. The van der Waals surface area contributed by atoms with Gasteiger partial charge in [-0.3, -0.25) is 9.59 Å². The highest BCUT2D eigenvalue weighted by atomic mass is 35.5. The number of carbonyl (C=O) groups is 2. The monoisotopic (exact) mass is 519 g/mol. The lowest BCUT2D eigenvalue weighted by molar-refractivity contribution is -0.137. The maximum Gasteiger partial charge on any atom is 0.272 e. The molecule has 1 aromatic carbocycles. The number of amides is 2. The van der Waals surface area contributed by atoms with E-state index in [0.29, 0.717) is 36.2 Å². The predicted octanol–water partition coefficient (Wildman–Crippen LogP) is 3.31. The molecule has 0 spiro atoms. The Labute approximate surface area is 216 Å². The summed E-state index contributed by atoms with van der Waals surface area (Å²) in [7, 11) is 1.97. The van der Waals surface area contributed by atoms with E-state index in [2.05, 4.69) is 15.2 Å². The van der Waals surface area contributed by atoms with Gasteiger partial charge in [0.15, 0.2) is 5.69 Å². The molecular weight excluding hydrogens is 485 g/mol. The fraction of sp³-hybridized carbons (Fsp3) is 0.577. The normalized spacial score (nSPS) is 19.6. The standard InChI is InChI=1S/C26H35ClFN5O3/c1-26(2,3)22(25(36)32-11-5-7-17(32)15-34)30-24(35)21-20-14-31(4)10-6-12-33(20)23(29-21)18-13-16(27)8-9-19(18)28/h8-9,13,17,22,34H,5-7,10-12,14-15H2,1-4H3,(H,30,35)/t17-,22+/m0/s1. The van der Waals surface area contributed by atoms with E-state index in [-0.39, 0.29) is 29.8 Å². The van der Waals surface area contributed by atoms with Gasteiger partial charge in [-0.15, -0.1) is 0 Å². The third kappa shape index (κ3) is 5.28. The van der Waals surface area contributed by atoms with E-state index in [4.69, 9.17) is 11.6 Å². The van der Waals surface area contributed by atoms with Gasteiger partial charge in [0, 0.05) is 24.7 Å². The molecule has 1 saturated heterocycles. The van der Waals surface area contributed by atoms with Crippen LogP contribution in [0.4, 0.5) is 4.39 Å². The number of nitrogens with zero attached hydrogens (tertiary/aromatic N) is 4. The predicted molar refractivity (Wildman–Crippen MR) is 136 cm³/mol. The Bertz CT molecular complexity index is 1150. The van der Waals surface area contributed by atoms with Crippen LogP contribution in [0, 0.1) is 11.2 Å². The SMILES string of the molecule is CN1CCCn2c(-c3cc(Cl)ccc3F)nc(C(=O)N[C@H](C(=O)N3CCC[C@H]3CO)C(C)(C)C)c2C1. The number of fused-ring (bicyclic) bond motifs is 1. The van der Waals surface area contributed by atoms with E-state index in [1.165, 1.54) is 18.2 Å². The number of aromatic nitrogens is 2. The molecule has 8 nitrogen and oxygen atoms in total. The van der Waals surface area contributed by atoms with Crippen LogP contribution >= 0.6 is 11.6 Å². The van der Waals surface area contributed by atoms with Crippen LogP contribution < -0.4 is 5.32 Å². The van der Waals surface area contributed by atoms with Crippen LogP contribution in [0.5, 0.6) is 0 Å². The van der Waals surface area contributed by atoms with Crippen LogP contribution in [-0.2, 0) is 17.9 Å². The average molecular weight is 520 g/mol. The summed E-state index contributed by atoms with van der Waals surface area (Å²) in [4.78, 5) is 35.6. The molecule has 2 aliphatic rings. The Morgan fingerprint density at radius 2 is 2.00 bits per heavy atom. The molecular formula is C26H35ClFN5O3. The molecule has 1 aromatic heterocycles. The fourth-order valence-corrected chi connectivity index (χ4v) is 5.28. The zero-order valence-electron chi connectivity index (χ0n) is 21.4. The molecule has 2 amide bonds. The molecule has 4 rings (SSSR count). The number of carbonyl (C=O) groups excluding carboxylic acids is 2. The van der Waals surface area contributed by atoms with Crippen LogP contribution in [0.1, 0.15) is 56.2 Å². The summed E-state index contributed by atoms with van der Waals surface area (Å²) in [6, 6.07) is 3.24. The molecule has 0 radical (unpaired) electrons. The van der Waals surface area contributed by atoms with E-state index in [9.17, 15) is 19.1 Å². The van der Waals surface area contributed by atoms with Crippen molar-refractivity contribution in [3.63, 3.8) is 0 Å². The molecule has 0 saturated carbocycles. The molecule has 3 heterocycles. The zero-order chi connectivity index (χ0) is 26.2. The van der Waals surface area contributed by atoms with E-state index < -0.39 is 23.2 Å². The van der Waals surface area contributed by atoms with Crippen molar-refractivity contribution in [1.82, 2.24) is 24.7 Å². The number of hydrogen-bond donors (Lipinski definition) is 2. The highest BCUT2D eigenvalue weighted by Gasteiger charge is 2.40. The number of aliphatic hydroxyl groups is 1. The highest BCUT2D eigenvalue weighted by molar-refractivity contribution is 6.30. The average Bonchev–Trinajstić information content (AvgIpc) is 3.38. The van der Waals surface area contributed by atoms with Gasteiger partial charge in [-0.05, 0) is 56.5 Å². The third-order valence-corrected chi connectivity index (χ3v) is 7.29. The van der Waals surface area contributed by atoms with Gasteiger partial charge in [0.25, 0.3) is 5.91 Å². The van der Waals surface area contributed by atoms with Crippen LogP contribution in [-0.4, -0.2) is 75.1 Å². The first-order valence-electron chi connectivity index (χ1n) is 12.5. The lowest BCUT2D eigenvalue weighted by atomic mass is 9.85. The topological polar surface area (TPSA) is 90.7 Å². The van der Waals surface area contributed by atoms with Crippen molar-refractivity contribution >= 4 is 23.4 Å². The smallest absolute Gasteiger partial charge is 0.272 e. The van der Waals surface area contributed by atoms with Crippen molar-refractivity contribution in [2.45, 2.75) is 65.2 Å². The summed E-state index contributed by atoms with van der Waals surface area (Å²) in [5.41, 5.74) is 0.514. The van der Waals surface area contributed by atoms with Crippen molar-refractivity contribution in [2.75, 3.05) is 26.7 Å². The van der Waals surface area contributed by atoms with Crippen molar-refractivity contribution in [3.8, 4) is 11.4 Å². The molecule has 1 fully saturated rings. The quantitative estimate of drug-likeness (QED) is 0.632. The number of likely N-dealkylation sites (tertiary alicyclic amines) is 1. The lowest BCUT2D eigenvalue weighted by Gasteiger charge is -2.35. The number of halogens is 2. The summed E-state index contributed by atoms with van der Waals surface area (Å²) in [6.45, 7) is 8.00. The molecule has 0 aliphatic carbocycles. The van der Waals surface area contributed by atoms with E-state index in [1.807, 2.05) is 32.4 Å². The van der Waals surface area contributed by atoms with Crippen molar-refractivity contribution in [3.05, 3.63) is 40.4 Å². The largest absolute Gasteiger partial charge is 0.394 e. The molecule has 10 heteroatoms. The van der Waals surface area contributed by atoms with Gasteiger partial charge in [-0.25, -0.2) is 9.37 Å². The number of benzene rings is 1. The maximum absolute atomic E-state index is 14.8. The first-order valence-corrected chi connectivity index (χ1v) is 12.8. The summed E-state index contributed by atoms with van der Waals surface area (Å²) in [5, 5.41) is 13.1. The minimum atomic E-state index is -0.815. The highest BCUT2D eigenvalue weighted by Crippen LogP contribution is 2.31. The number of rotatable bonds is 5. The Morgan fingerprint density at radius 1 is 1.25 bits per heavy atom. The maximum atomic E-state index is 14.8. The summed E-state index contributed by atoms with van der Waals surface area (Å²) in [5.74, 6) is -0.806. The molecule has 2 aliphatic heterocycles. The third-order valence-electron chi connectivity index (χ3n) is 7.06. The van der Waals surface area contributed by atoms with Crippen LogP contribution in [0.15, 0.2) is 18.2 Å². The molecule has 196 valence electrons. The first-order chi connectivity index (χ1) is 17.0. The summed E-state index contributed by atoms with van der Waals surface area (Å²) >= 11 is 6.16. The minimum Gasteiger partial charge on any atom is -0.394 e. The first kappa shape index (κ1) is 26.6. The summed E-state index contributed by atoms with van der Waals surface area (Å²) < 4.78 is 16.7. The van der Waals surface area contributed by atoms with Gasteiger partial charge in [-0.1, -0.05) is 32.4 Å². The van der Waals surface area contributed by atoms with Crippen LogP contribution in [0.2, 0.25) is 5.02 Å². The van der Waals surface area contributed by atoms with Gasteiger partial charge >= 0.3 is 0 Å².